The van der Waals surface area contributed by atoms with E-state index in [1.807, 2.05) is 19.9 Å². The van der Waals surface area contributed by atoms with Crippen molar-refractivity contribution in [1.82, 2.24) is 9.88 Å². The highest BCUT2D eigenvalue weighted by atomic mass is 16.5. The number of imide groups is 2. The zero-order valence-electron chi connectivity index (χ0n) is 20.8. The van der Waals surface area contributed by atoms with E-state index in [1.54, 1.807) is 30.3 Å². The van der Waals surface area contributed by atoms with Crippen LogP contribution >= 0.6 is 0 Å². The van der Waals surface area contributed by atoms with Gasteiger partial charge in [-0.3, -0.25) is 14.9 Å². The van der Waals surface area contributed by atoms with E-state index >= 15 is 0 Å². The standard InChI is InChI=1S/C28H29N3O4/c1-17-15-19(18(2)30(17)21-9-7-20(8-10-21)28(3,4)5)16-24-25(32)29-27(34)31(26(24)33)22-11-13-23(35-6)14-12-22/h7-16H,1-6H3,(H,29,32,34)/b24-16+. The summed E-state index contributed by atoms with van der Waals surface area (Å²) in [4.78, 5) is 39.3. The van der Waals surface area contributed by atoms with Crippen LogP contribution in [0.2, 0.25) is 0 Å². The van der Waals surface area contributed by atoms with Crippen molar-refractivity contribution < 1.29 is 19.1 Å². The van der Waals surface area contributed by atoms with E-state index in [-0.39, 0.29) is 11.0 Å². The molecule has 3 aromatic rings. The molecule has 1 aliphatic heterocycles. The Bertz CT molecular complexity index is 1340. The molecule has 2 heterocycles. The van der Waals surface area contributed by atoms with Gasteiger partial charge < -0.3 is 9.30 Å². The number of carbonyl (C=O) groups is 3. The van der Waals surface area contributed by atoms with Crippen molar-refractivity contribution in [1.29, 1.82) is 0 Å². The fourth-order valence-corrected chi connectivity index (χ4v) is 4.22. The molecule has 180 valence electrons. The molecule has 2 aromatic carbocycles. The Morgan fingerprint density at radius 2 is 1.49 bits per heavy atom. The molecule has 0 saturated carbocycles. The van der Waals surface area contributed by atoms with Crippen LogP contribution in [0.5, 0.6) is 5.75 Å². The maximum absolute atomic E-state index is 13.2. The van der Waals surface area contributed by atoms with Crippen molar-refractivity contribution in [2.45, 2.75) is 40.0 Å². The lowest BCUT2D eigenvalue weighted by molar-refractivity contribution is -0.122. The third-order valence-electron chi connectivity index (χ3n) is 6.19. The van der Waals surface area contributed by atoms with Crippen molar-refractivity contribution in [3.63, 3.8) is 0 Å². The molecule has 1 fully saturated rings. The average Bonchev–Trinajstić information content (AvgIpc) is 3.09. The Kier molecular flexibility index (Phi) is 6.11. The van der Waals surface area contributed by atoms with Gasteiger partial charge in [0.25, 0.3) is 11.8 Å². The Morgan fingerprint density at radius 3 is 2.06 bits per heavy atom. The van der Waals surface area contributed by atoms with Gasteiger partial charge in [0.05, 0.1) is 12.8 Å². The van der Waals surface area contributed by atoms with Gasteiger partial charge in [-0.25, -0.2) is 9.69 Å². The van der Waals surface area contributed by atoms with Crippen LogP contribution in [-0.4, -0.2) is 29.5 Å². The van der Waals surface area contributed by atoms with Gasteiger partial charge >= 0.3 is 6.03 Å². The van der Waals surface area contributed by atoms with Gasteiger partial charge in [0, 0.05) is 17.1 Å². The first-order valence-electron chi connectivity index (χ1n) is 11.4. The second-order valence-corrected chi connectivity index (χ2v) is 9.61. The number of nitrogens with zero attached hydrogens (tertiary/aromatic N) is 2. The third-order valence-corrected chi connectivity index (χ3v) is 6.19. The second-order valence-electron chi connectivity index (χ2n) is 9.61. The Balaban J connectivity index is 1.71. The van der Waals surface area contributed by atoms with E-state index in [9.17, 15) is 14.4 Å². The first-order valence-corrected chi connectivity index (χ1v) is 11.4. The molecule has 1 aromatic heterocycles. The van der Waals surface area contributed by atoms with Crippen LogP contribution < -0.4 is 15.0 Å². The fourth-order valence-electron chi connectivity index (χ4n) is 4.22. The summed E-state index contributed by atoms with van der Waals surface area (Å²) in [6.07, 6.45) is 1.54. The second kappa shape index (κ2) is 8.91. The minimum Gasteiger partial charge on any atom is -0.497 e. The van der Waals surface area contributed by atoms with Crippen LogP contribution in [0.1, 0.15) is 43.3 Å². The van der Waals surface area contributed by atoms with E-state index < -0.39 is 17.8 Å². The van der Waals surface area contributed by atoms with Crippen LogP contribution in [0.15, 0.2) is 60.2 Å². The largest absolute Gasteiger partial charge is 0.497 e. The SMILES string of the molecule is COc1ccc(N2C(=O)NC(=O)/C(=C\c3cc(C)n(-c4ccc(C(C)(C)C)cc4)c3C)C2=O)cc1. The predicted molar refractivity (Wildman–Crippen MR) is 136 cm³/mol. The minimum atomic E-state index is -0.785. The number of urea groups is 1. The lowest BCUT2D eigenvalue weighted by Gasteiger charge is -2.26. The number of hydrogen-bond acceptors (Lipinski definition) is 4. The number of anilines is 1. The predicted octanol–water partition coefficient (Wildman–Crippen LogP) is 5.07. The fraction of sp³-hybridized carbons (Fsp3) is 0.250. The summed E-state index contributed by atoms with van der Waals surface area (Å²) in [5, 5.41) is 2.27. The Labute approximate surface area is 205 Å². The highest BCUT2D eigenvalue weighted by Crippen LogP contribution is 2.28. The average molecular weight is 472 g/mol. The number of amides is 4. The maximum atomic E-state index is 13.2. The summed E-state index contributed by atoms with van der Waals surface area (Å²) in [6.45, 7) is 10.4. The van der Waals surface area contributed by atoms with E-state index in [0.717, 1.165) is 27.5 Å². The van der Waals surface area contributed by atoms with Crippen LogP contribution in [-0.2, 0) is 15.0 Å². The van der Waals surface area contributed by atoms with E-state index in [0.29, 0.717) is 11.4 Å². The quantitative estimate of drug-likeness (QED) is 0.426. The molecule has 0 bridgehead atoms. The molecule has 4 rings (SSSR count). The highest BCUT2D eigenvalue weighted by Gasteiger charge is 2.37. The van der Waals surface area contributed by atoms with E-state index in [4.69, 9.17) is 4.74 Å². The number of aryl methyl sites for hydroxylation is 1. The number of hydrogen-bond donors (Lipinski definition) is 1. The minimum absolute atomic E-state index is 0.0524. The molecule has 1 N–H and O–H groups in total. The summed E-state index contributed by atoms with van der Waals surface area (Å²) < 4.78 is 7.22. The van der Waals surface area contributed by atoms with Crippen LogP contribution in [0.3, 0.4) is 0 Å². The molecule has 0 unspecified atom stereocenters. The summed E-state index contributed by atoms with van der Waals surface area (Å²) in [7, 11) is 1.53. The molecular weight excluding hydrogens is 442 g/mol. The van der Waals surface area contributed by atoms with Crippen LogP contribution in [0.25, 0.3) is 11.8 Å². The van der Waals surface area contributed by atoms with Crippen LogP contribution in [0.4, 0.5) is 10.5 Å². The van der Waals surface area contributed by atoms with Crippen LogP contribution in [0, 0.1) is 13.8 Å². The molecular formula is C28H29N3O4. The van der Waals surface area contributed by atoms with Crippen molar-refractivity contribution in [3.05, 3.63) is 82.7 Å². The Hall–Kier alpha value is -4.13. The summed E-state index contributed by atoms with van der Waals surface area (Å²) in [6, 6.07) is 16.0. The van der Waals surface area contributed by atoms with Gasteiger partial charge in [-0.1, -0.05) is 32.9 Å². The number of rotatable bonds is 4. The monoisotopic (exact) mass is 471 g/mol. The van der Waals surface area contributed by atoms with Gasteiger partial charge in [-0.05, 0) is 78.9 Å². The lowest BCUT2D eigenvalue weighted by Crippen LogP contribution is -2.54. The number of carbonyl (C=O) groups excluding carboxylic acids is 3. The number of aromatic nitrogens is 1. The molecule has 7 heteroatoms. The van der Waals surface area contributed by atoms with Crippen molar-refractivity contribution in [2.24, 2.45) is 0 Å². The summed E-state index contributed by atoms with van der Waals surface area (Å²) >= 11 is 0. The number of ether oxygens (including phenoxy) is 1. The number of nitrogens with one attached hydrogen (secondary N) is 1. The molecule has 0 spiro atoms. The first kappa shape index (κ1) is 24.0. The molecule has 0 radical (unpaired) electrons. The molecule has 7 nitrogen and oxygen atoms in total. The topological polar surface area (TPSA) is 80.6 Å². The molecule has 35 heavy (non-hydrogen) atoms. The number of benzene rings is 2. The Morgan fingerprint density at radius 1 is 0.886 bits per heavy atom. The van der Waals surface area contributed by atoms with Gasteiger partial charge in [0.15, 0.2) is 0 Å². The van der Waals surface area contributed by atoms with E-state index in [1.165, 1.54) is 12.7 Å². The number of methoxy groups -OCH3 is 1. The van der Waals surface area contributed by atoms with E-state index in [2.05, 4.69) is 54.9 Å². The molecule has 0 aliphatic carbocycles. The normalized spacial score (nSPS) is 15.5. The zero-order valence-corrected chi connectivity index (χ0v) is 20.8. The summed E-state index contributed by atoms with van der Waals surface area (Å²) in [5.74, 6) is -0.805. The van der Waals surface area contributed by atoms with Crippen molar-refractivity contribution >= 4 is 29.6 Å². The molecule has 1 aliphatic rings. The van der Waals surface area contributed by atoms with Gasteiger partial charge in [-0.15, -0.1) is 0 Å². The molecule has 4 amide bonds. The summed E-state index contributed by atoms with van der Waals surface area (Å²) in [5.41, 5.74) is 5.09. The molecule has 0 atom stereocenters. The van der Waals surface area contributed by atoms with Crippen molar-refractivity contribution in [3.8, 4) is 11.4 Å². The lowest BCUT2D eigenvalue weighted by atomic mass is 9.87. The first-order chi connectivity index (χ1) is 16.5. The number of barbiturate groups is 1. The van der Waals surface area contributed by atoms with Gasteiger partial charge in [0.2, 0.25) is 0 Å². The third kappa shape index (κ3) is 4.49. The maximum Gasteiger partial charge on any atom is 0.335 e. The highest BCUT2D eigenvalue weighted by molar-refractivity contribution is 6.39. The molecule has 1 saturated heterocycles. The smallest absolute Gasteiger partial charge is 0.335 e. The van der Waals surface area contributed by atoms with Gasteiger partial charge in [-0.2, -0.15) is 0 Å². The zero-order chi connectivity index (χ0) is 25.5. The van der Waals surface area contributed by atoms with Gasteiger partial charge in [0.1, 0.15) is 11.3 Å². The van der Waals surface area contributed by atoms with Crippen molar-refractivity contribution in [2.75, 3.05) is 12.0 Å².